The fraction of sp³-hybridized carbons (Fsp3) is 0.320. The van der Waals surface area contributed by atoms with Crippen LogP contribution in [0.5, 0.6) is 0 Å². The predicted molar refractivity (Wildman–Crippen MR) is 128 cm³/mol. The maximum atomic E-state index is 12.7. The molecule has 1 aromatic heterocycles. The Kier molecular flexibility index (Phi) is 6.74. The van der Waals surface area contributed by atoms with Gasteiger partial charge in [-0.1, -0.05) is 0 Å². The second-order valence-electron chi connectivity index (χ2n) is 7.95. The van der Waals surface area contributed by atoms with Crippen LogP contribution in [0.15, 0.2) is 48.7 Å². The van der Waals surface area contributed by atoms with Crippen LogP contribution >= 0.6 is 0 Å². The van der Waals surface area contributed by atoms with Crippen LogP contribution in [0.2, 0.25) is 0 Å². The van der Waals surface area contributed by atoms with E-state index in [4.69, 9.17) is 9.47 Å². The predicted octanol–water partition coefficient (Wildman–Crippen LogP) is 3.69. The summed E-state index contributed by atoms with van der Waals surface area (Å²) in [5.41, 5.74) is 3.83. The number of esters is 2. The average molecular weight is 449 g/mol. The first kappa shape index (κ1) is 22.5. The van der Waals surface area contributed by atoms with Crippen LogP contribution in [-0.2, 0) is 9.47 Å². The van der Waals surface area contributed by atoms with Crippen molar-refractivity contribution in [2.75, 3.05) is 57.2 Å². The van der Waals surface area contributed by atoms with Crippen molar-refractivity contribution in [2.45, 2.75) is 6.92 Å². The molecule has 0 atom stereocenters. The van der Waals surface area contributed by atoms with Gasteiger partial charge in [0, 0.05) is 49.1 Å². The lowest BCUT2D eigenvalue weighted by Crippen LogP contribution is -2.44. The highest BCUT2D eigenvalue weighted by Gasteiger charge is 2.19. The molecule has 2 heterocycles. The number of anilines is 3. The molecule has 0 bridgehead atoms. The van der Waals surface area contributed by atoms with E-state index in [1.54, 1.807) is 25.1 Å². The zero-order valence-corrected chi connectivity index (χ0v) is 19.1. The second kappa shape index (κ2) is 9.87. The van der Waals surface area contributed by atoms with E-state index in [1.807, 2.05) is 12.1 Å². The van der Waals surface area contributed by atoms with Gasteiger partial charge in [-0.3, -0.25) is 4.98 Å². The van der Waals surface area contributed by atoms with Gasteiger partial charge in [0.15, 0.2) is 0 Å². The molecule has 33 heavy (non-hydrogen) atoms. The van der Waals surface area contributed by atoms with E-state index in [0.717, 1.165) is 37.6 Å². The van der Waals surface area contributed by atoms with E-state index in [2.05, 4.69) is 39.3 Å². The molecule has 0 aliphatic carbocycles. The number of hydrogen-bond acceptors (Lipinski definition) is 8. The lowest BCUT2D eigenvalue weighted by Gasteiger charge is -2.34. The van der Waals surface area contributed by atoms with Crippen molar-refractivity contribution in [1.82, 2.24) is 9.88 Å². The zero-order valence-electron chi connectivity index (χ0n) is 19.1. The highest BCUT2D eigenvalue weighted by molar-refractivity contribution is 6.07. The van der Waals surface area contributed by atoms with Crippen LogP contribution in [0.1, 0.15) is 27.6 Å². The fourth-order valence-electron chi connectivity index (χ4n) is 3.90. The molecule has 8 nitrogen and oxygen atoms in total. The molecule has 1 fully saturated rings. The van der Waals surface area contributed by atoms with Crippen LogP contribution in [0.4, 0.5) is 17.1 Å². The Hall–Kier alpha value is -3.65. The summed E-state index contributed by atoms with van der Waals surface area (Å²) in [6.07, 6.45) is 1.50. The summed E-state index contributed by atoms with van der Waals surface area (Å²) in [4.78, 5) is 33.8. The topological polar surface area (TPSA) is 84.0 Å². The van der Waals surface area contributed by atoms with Crippen LogP contribution in [-0.4, -0.2) is 68.8 Å². The van der Waals surface area contributed by atoms with E-state index in [9.17, 15) is 9.59 Å². The van der Waals surface area contributed by atoms with Gasteiger partial charge in [-0.25, -0.2) is 9.59 Å². The van der Waals surface area contributed by atoms with Crippen molar-refractivity contribution in [3.05, 3.63) is 59.8 Å². The number of fused-ring (bicyclic) bond motifs is 1. The number of nitrogens with one attached hydrogen (secondary N) is 1. The number of pyridine rings is 1. The van der Waals surface area contributed by atoms with E-state index < -0.39 is 11.9 Å². The van der Waals surface area contributed by atoms with Crippen LogP contribution < -0.4 is 10.2 Å². The summed E-state index contributed by atoms with van der Waals surface area (Å²) in [5.74, 6) is -0.937. The number of ether oxygens (including phenoxy) is 2. The number of carbonyl (C=O) groups excluding carboxylic acids is 2. The molecule has 1 aliphatic rings. The first-order valence-electron chi connectivity index (χ1n) is 11.0. The highest BCUT2D eigenvalue weighted by atomic mass is 16.5. The van der Waals surface area contributed by atoms with Crippen LogP contribution in [0.3, 0.4) is 0 Å². The highest BCUT2D eigenvalue weighted by Crippen LogP contribution is 2.31. The first-order valence-corrected chi connectivity index (χ1v) is 11.0. The molecule has 0 radical (unpaired) electrons. The Balaban J connectivity index is 1.70. The van der Waals surface area contributed by atoms with Gasteiger partial charge in [-0.2, -0.15) is 0 Å². The average Bonchev–Trinajstić information content (AvgIpc) is 2.84. The normalized spacial score (nSPS) is 14.2. The molecule has 0 unspecified atom stereocenters. The Bertz CT molecular complexity index is 1160. The molecule has 2 aromatic carbocycles. The number of nitrogens with zero attached hydrogens (tertiary/aromatic N) is 3. The summed E-state index contributed by atoms with van der Waals surface area (Å²) in [7, 11) is 3.47. The largest absolute Gasteiger partial charge is 0.465 e. The minimum absolute atomic E-state index is 0.248. The maximum absolute atomic E-state index is 12.7. The lowest BCUT2D eigenvalue weighted by atomic mass is 10.1. The van der Waals surface area contributed by atoms with Crippen molar-refractivity contribution in [3.63, 3.8) is 0 Å². The van der Waals surface area contributed by atoms with Crippen molar-refractivity contribution >= 4 is 39.9 Å². The minimum atomic E-state index is -0.480. The molecule has 3 aromatic rings. The van der Waals surface area contributed by atoms with E-state index in [1.165, 1.54) is 13.3 Å². The number of benzene rings is 2. The molecule has 8 heteroatoms. The van der Waals surface area contributed by atoms with E-state index in [0.29, 0.717) is 27.7 Å². The number of aromatic nitrogens is 1. The van der Waals surface area contributed by atoms with Crippen molar-refractivity contribution in [3.8, 4) is 0 Å². The molecule has 4 rings (SSSR count). The van der Waals surface area contributed by atoms with Gasteiger partial charge in [0.05, 0.1) is 30.5 Å². The number of likely N-dealkylation sites (N-methyl/N-ethyl adjacent to an activating group) is 1. The molecule has 0 amide bonds. The standard InChI is InChI=1S/C25H28N4O4/c1-4-33-25(31)21-16-26-22-10-5-17(24(30)32-3)15-20(22)23(21)27-18-6-8-19(9-7-18)29-13-11-28(2)12-14-29/h5-10,15-16H,4,11-14H2,1-3H3,(H,26,27). The number of methoxy groups -OCH3 is 1. The van der Waals surface area contributed by atoms with E-state index in [-0.39, 0.29) is 6.61 Å². The number of rotatable bonds is 6. The molecule has 1 saturated heterocycles. The zero-order chi connectivity index (χ0) is 23.4. The van der Waals surface area contributed by atoms with E-state index >= 15 is 0 Å². The van der Waals surface area contributed by atoms with Crippen LogP contribution in [0.25, 0.3) is 10.9 Å². The summed E-state index contributed by atoms with van der Waals surface area (Å²) in [5, 5.41) is 3.99. The summed E-state index contributed by atoms with van der Waals surface area (Å²) >= 11 is 0. The number of piperazine rings is 1. The minimum Gasteiger partial charge on any atom is -0.465 e. The number of carbonyl (C=O) groups is 2. The van der Waals surface area contributed by atoms with Gasteiger partial charge in [0.2, 0.25) is 0 Å². The van der Waals surface area contributed by atoms with Crippen molar-refractivity contribution in [1.29, 1.82) is 0 Å². The number of hydrogen-bond donors (Lipinski definition) is 1. The van der Waals surface area contributed by atoms with Crippen LogP contribution in [0, 0.1) is 0 Å². The van der Waals surface area contributed by atoms with Gasteiger partial charge in [-0.15, -0.1) is 0 Å². The fourth-order valence-corrected chi connectivity index (χ4v) is 3.90. The summed E-state index contributed by atoms with van der Waals surface area (Å²) in [6, 6.07) is 13.2. The quantitative estimate of drug-likeness (QED) is 0.572. The molecule has 0 saturated carbocycles. The summed E-state index contributed by atoms with van der Waals surface area (Å²) in [6.45, 7) is 6.05. The van der Waals surface area contributed by atoms with Gasteiger partial charge in [0.1, 0.15) is 5.56 Å². The summed E-state index contributed by atoms with van der Waals surface area (Å²) < 4.78 is 10.1. The Morgan fingerprint density at radius 3 is 2.42 bits per heavy atom. The third-order valence-corrected chi connectivity index (χ3v) is 5.79. The maximum Gasteiger partial charge on any atom is 0.341 e. The van der Waals surface area contributed by atoms with Gasteiger partial charge >= 0.3 is 11.9 Å². The Morgan fingerprint density at radius 2 is 1.76 bits per heavy atom. The van der Waals surface area contributed by atoms with Crippen molar-refractivity contribution < 1.29 is 19.1 Å². The molecule has 1 N–H and O–H groups in total. The first-order chi connectivity index (χ1) is 16.0. The lowest BCUT2D eigenvalue weighted by molar-refractivity contribution is 0.0526. The molecular weight excluding hydrogens is 420 g/mol. The smallest absolute Gasteiger partial charge is 0.341 e. The monoisotopic (exact) mass is 448 g/mol. The molecule has 0 spiro atoms. The second-order valence-corrected chi connectivity index (χ2v) is 7.95. The molecule has 1 aliphatic heterocycles. The third kappa shape index (κ3) is 4.90. The van der Waals surface area contributed by atoms with Gasteiger partial charge in [0.25, 0.3) is 0 Å². The molecule has 172 valence electrons. The third-order valence-electron chi connectivity index (χ3n) is 5.79. The Morgan fingerprint density at radius 1 is 1.03 bits per heavy atom. The van der Waals surface area contributed by atoms with Gasteiger partial charge in [-0.05, 0) is 56.4 Å². The van der Waals surface area contributed by atoms with Gasteiger partial charge < -0.3 is 24.6 Å². The molecular formula is C25H28N4O4. The SMILES string of the molecule is CCOC(=O)c1cnc2ccc(C(=O)OC)cc2c1Nc1ccc(N2CCN(C)CC2)cc1. The van der Waals surface area contributed by atoms with Crippen molar-refractivity contribution in [2.24, 2.45) is 0 Å². The Labute approximate surface area is 193 Å².